The van der Waals surface area contributed by atoms with Gasteiger partial charge >= 0.3 is 15.8 Å². The number of phenolic OH excluding ortho intramolecular Hbond substituents is 1. The topological polar surface area (TPSA) is 107 Å². The smallest absolute Gasteiger partial charge is 0.446 e. The fraction of sp³-hybridized carbons (Fsp3) is 0.0741. The van der Waals surface area contributed by atoms with Gasteiger partial charge in [0.05, 0.1) is 5.69 Å². The number of halogens is 4. The molecule has 0 radical (unpaired) electrons. The molecule has 0 saturated carbocycles. The molecule has 4 rings (SSSR count). The molecule has 1 amide bonds. The second-order valence-corrected chi connectivity index (χ2v) is 11.8. The summed E-state index contributed by atoms with van der Waals surface area (Å²) < 4.78 is 85.2. The number of benzene rings is 4. The molecule has 0 aliphatic rings. The first kappa shape index (κ1) is 30.2. The number of phenols is 1. The Hall–Kier alpha value is -3.72. The van der Waals surface area contributed by atoms with Crippen LogP contribution in [0.4, 0.5) is 34.6 Å². The summed E-state index contributed by atoms with van der Waals surface area (Å²) in [5.41, 5.74) is -3.69. The normalized spacial score (nSPS) is 11.7. The predicted octanol–water partition coefficient (Wildman–Crippen LogP) is 7.63. The van der Waals surface area contributed by atoms with Crippen LogP contribution in [0.1, 0.15) is 15.9 Å². The molecule has 0 spiro atoms. The molecule has 41 heavy (non-hydrogen) atoms. The molecular weight excluding hydrogens is 604 g/mol. The third kappa shape index (κ3) is 8.39. The quantitative estimate of drug-likeness (QED) is 0.0761. The van der Waals surface area contributed by atoms with Crippen molar-refractivity contribution in [3.8, 4) is 5.75 Å². The fourth-order valence-electron chi connectivity index (χ4n) is 3.60. The van der Waals surface area contributed by atoms with E-state index in [0.29, 0.717) is 10.1 Å². The third-order valence-corrected chi connectivity index (χ3v) is 8.11. The molecule has 0 bridgehead atoms. The van der Waals surface area contributed by atoms with E-state index in [1.54, 1.807) is 36.4 Å². The van der Waals surface area contributed by atoms with Crippen LogP contribution in [-0.2, 0) is 16.1 Å². The van der Waals surface area contributed by atoms with Gasteiger partial charge in [0.2, 0.25) is 0 Å². The number of hydrogen-bond donors (Lipinski definition) is 3. The summed E-state index contributed by atoms with van der Waals surface area (Å²) >= 11 is 1.25. The van der Waals surface area contributed by atoms with Gasteiger partial charge in [-0.25, -0.2) is 8.70 Å². The van der Waals surface area contributed by atoms with E-state index in [2.05, 4.69) is 5.32 Å². The highest BCUT2D eigenvalue weighted by atomic mass is 32.2. The van der Waals surface area contributed by atoms with E-state index < -0.39 is 33.3 Å². The van der Waals surface area contributed by atoms with E-state index in [0.717, 1.165) is 46.9 Å². The SMILES string of the molecule is O=C(Nc1ccc(O)c(N(c2ccc(F)cc2)S(=O)(=O)O)c1)c1ccc(SCc2ccc(SC(F)(F)F)cc2)cc1. The Labute approximate surface area is 241 Å². The molecule has 214 valence electrons. The minimum Gasteiger partial charge on any atom is -0.506 e. The van der Waals surface area contributed by atoms with Crippen LogP contribution in [0.25, 0.3) is 0 Å². The van der Waals surface area contributed by atoms with E-state index in [4.69, 9.17) is 0 Å². The molecule has 3 N–H and O–H groups in total. The second kappa shape index (κ2) is 12.4. The van der Waals surface area contributed by atoms with Crippen molar-refractivity contribution in [2.24, 2.45) is 0 Å². The van der Waals surface area contributed by atoms with Crippen LogP contribution in [0.5, 0.6) is 5.75 Å². The Balaban J connectivity index is 1.43. The van der Waals surface area contributed by atoms with Crippen LogP contribution in [0, 0.1) is 5.82 Å². The molecule has 4 aromatic rings. The maximum absolute atomic E-state index is 13.3. The first-order valence-corrected chi connectivity index (χ1v) is 14.7. The minimum absolute atomic E-state index is 0.100. The molecule has 0 fully saturated rings. The van der Waals surface area contributed by atoms with E-state index in [1.165, 1.54) is 30.0 Å². The van der Waals surface area contributed by atoms with Gasteiger partial charge in [-0.05, 0) is 96.2 Å². The number of carbonyl (C=O) groups is 1. The highest BCUT2D eigenvalue weighted by molar-refractivity contribution is 8.00. The number of rotatable bonds is 9. The van der Waals surface area contributed by atoms with Gasteiger partial charge in [0.25, 0.3) is 5.91 Å². The van der Waals surface area contributed by atoms with Crippen LogP contribution in [0.3, 0.4) is 0 Å². The largest absolute Gasteiger partial charge is 0.506 e. The molecule has 14 heteroatoms. The fourth-order valence-corrected chi connectivity index (χ4v) is 5.77. The van der Waals surface area contributed by atoms with Crippen LogP contribution < -0.4 is 9.62 Å². The van der Waals surface area contributed by atoms with Gasteiger partial charge < -0.3 is 10.4 Å². The van der Waals surface area contributed by atoms with E-state index in [-0.39, 0.29) is 39.3 Å². The standard InChI is InChI=1S/C27H20F4N2O5S3/c28-19-5-8-21(9-6-19)33(41(36,37)38)24-15-20(7-14-25(24)34)32-26(35)18-3-12-22(13-4-18)39-16-17-1-10-23(11-2-17)40-27(29,30)31/h1-15,34H,16H2,(H,32,35)(H,36,37,38). The van der Waals surface area contributed by atoms with Crippen LogP contribution in [-0.4, -0.2) is 29.5 Å². The van der Waals surface area contributed by atoms with Crippen molar-refractivity contribution < 1.29 is 40.4 Å². The van der Waals surface area contributed by atoms with Gasteiger partial charge in [-0.2, -0.15) is 21.6 Å². The summed E-state index contributed by atoms with van der Waals surface area (Å²) in [4.78, 5) is 13.7. The van der Waals surface area contributed by atoms with Gasteiger partial charge in [0.15, 0.2) is 0 Å². The Kier molecular flexibility index (Phi) is 9.17. The molecule has 0 aromatic heterocycles. The average Bonchev–Trinajstić information content (AvgIpc) is 2.90. The first-order valence-electron chi connectivity index (χ1n) is 11.5. The molecule has 0 aliphatic heterocycles. The highest BCUT2D eigenvalue weighted by Crippen LogP contribution is 2.38. The van der Waals surface area contributed by atoms with Crippen molar-refractivity contribution in [2.45, 2.75) is 21.1 Å². The Bertz CT molecular complexity index is 1630. The zero-order valence-corrected chi connectivity index (χ0v) is 23.1. The lowest BCUT2D eigenvalue weighted by atomic mass is 10.2. The number of nitrogens with zero attached hydrogens (tertiary/aromatic N) is 1. The zero-order chi connectivity index (χ0) is 29.8. The van der Waals surface area contributed by atoms with Crippen molar-refractivity contribution in [3.63, 3.8) is 0 Å². The Morgan fingerprint density at radius 2 is 1.49 bits per heavy atom. The van der Waals surface area contributed by atoms with E-state index in [1.807, 2.05) is 0 Å². The summed E-state index contributed by atoms with van der Waals surface area (Å²) in [7, 11) is -4.95. The number of anilines is 3. The lowest BCUT2D eigenvalue weighted by Crippen LogP contribution is -2.25. The molecule has 0 unspecified atom stereocenters. The minimum atomic E-state index is -4.95. The third-order valence-electron chi connectivity index (χ3n) is 5.42. The molecule has 0 heterocycles. The Morgan fingerprint density at radius 3 is 2.07 bits per heavy atom. The number of nitrogens with one attached hydrogen (secondary N) is 1. The zero-order valence-electron chi connectivity index (χ0n) is 20.7. The lowest BCUT2D eigenvalue weighted by Gasteiger charge is -2.22. The second-order valence-electron chi connectivity index (χ2n) is 8.38. The first-order chi connectivity index (χ1) is 19.3. The van der Waals surface area contributed by atoms with Crippen molar-refractivity contribution in [3.05, 3.63) is 108 Å². The van der Waals surface area contributed by atoms with E-state index in [9.17, 15) is 40.4 Å². The predicted molar refractivity (Wildman–Crippen MR) is 151 cm³/mol. The summed E-state index contributed by atoms with van der Waals surface area (Å²) in [6.45, 7) is 0. The molecule has 7 nitrogen and oxygen atoms in total. The number of amides is 1. The van der Waals surface area contributed by atoms with Gasteiger partial charge in [-0.1, -0.05) is 12.1 Å². The molecule has 0 atom stereocenters. The molecule has 0 aliphatic carbocycles. The van der Waals surface area contributed by atoms with Crippen LogP contribution in [0.2, 0.25) is 0 Å². The summed E-state index contributed by atoms with van der Waals surface area (Å²) in [5, 5.41) is 12.9. The van der Waals surface area contributed by atoms with Gasteiger partial charge in [-0.3, -0.25) is 9.35 Å². The maximum atomic E-state index is 13.3. The van der Waals surface area contributed by atoms with Crippen molar-refractivity contribution in [2.75, 3.05) is 9.62 Å². The van der Waals surface area contributed by atoms with Crippen molar-refractivity contribution >= 4 is 56.8 Å². The van der Waals surface area contributed by atoms with Crippen molar-refractivity contribution in [1.82, 2.24) is 0 Å². The maximum Gasteiger partial charge on any atom is 0.446 e. The van der Waals surface area contributed by atoms with Crippen LogP contribution in [0.15, 0.2) is 101 Å². The summed E-state index contributed by atoms with van der Waals surface area (Å²) in [6.07, 6.45) is 0. The number of thioether (sulfide) groups is 2. The number of hydrogen-bond acceptors (Lipinski definition) is 6. The number of alkyl halides is 3. The van der Waals surface area contributed by atoms with Crippen molar-refractivity contribution in [1.29, 1.82) is 0 Å². The number of carbonyl (C=O) groups excluding carboxylic acids is 1. The van der Waals surface area contributed by atoms with Crippen LogP contribution >= 0.6 is 23.5 Å². The number of aromatic hydroxyl groups is 1. The Morgan fingerprint density at radius 1 is 0.878 bits per heavy atom. The van der Waals surface area contributed by atoms with Gasteiger partial charge in [-0.15, -0.1) is 11.8 Å². The molecule has 0 saturated heterocycles. The summed E-state index contributed by atoms with van der Waals surface area (Å²) in [5.74, 6) is -1.22. The summed E-state index contributed by atoms with van der Waals surface area (Å²) in [6, 6.07) is 20.3. The monoisotopic (exact) mass is 624 g/mol. The molecule has 4 aromatic carbocycles. The lowest BCUT2D eigenvalue weighted by molar-refractivity contribution is -0.0328. The molecular formula is C27H20F4N2O5S3. The van der Waals surface area contributed by atoms with E-state index >= 15 is 0 Å². The van der Waals surface area contributed by atoms with Gasteiger partial charge in [0, 0.05) is 26.8 Å². The highest BCUT2D eigenvalue weighted by Gasteiger charge is 2.29. The average molecular weight is 625 g/mol. The van der Waals surface area contributed by atoms with Gasteiger partial charge in [0.1, 0.15) is 17.3 Å².